The third kappa shape index (κ3) is 11.2. The summed E-state index contributed by atoms with van der Waals surface area (Å²) < 4.78 is 21.4. The molecule has 0 spiro atoms. The normalized spacial score (nSPS) is 12.1. The molecule has 130 valence electrons. The first-order chi connectivity index (χ1) is 10.7. The van der Waals surface area contributed by atoms with Gasteiger partial charge in [-0.1, -0.05) is 44.3 Å². The number of rotatable bonds is 16. The molecule has 0 unspecified atom stereocenters. The monoisotopic (exact) mass is 330 g/mol. The molecule has 5 heteroatoms. The lowest BCUT2D eigenvalue weighted by atomic mass is 10.1. The average molecular weight is 331 g/mol. The second-order valence-electron chi connectivity index (χ2n) is 5.25. The molecule has 0 bridgehead atoms. The Hall–Kier alpha value is -0.463. The molecule has 0 aliphatic rings. The first-order valence-corrected chi connectivity index (χ1v) is 10.1. The van der Waals surface area contributed by atoms with Crippen molar-refractivity contribution in [2.24, 2.45) is 0 Å². The van der Waals surface area contributed by atoms with Crippen molar-refractivity contribution in [1.29, 1.82) is 0 Å². The highest BCUT2D eigenvalue weighted by Gasteiger charge is 2.33. The van der Waals surface area contributed by atoms with E-state index in [-0.39, 0.29) is 0 Å². The van der Waals surface area contributed by atoms with E-state index in [2.05, 4.69) is 12.7 Å². The van der Waals surface area contributed by atoms with E-state index in [4.69, 9.17) is 18.0 Å². The molecule has 0 aliphatic carbocycles. The molecule has 0 heterocycles. The Bertz CT molecular complexity index is 270. The van der Waals surface area contributed by atoms with Crippen molar-refractivity contribution in [3.8, 4) is 0 Å². The van der Waals surface area contributed by atoms with Gasteiger partial charge in [-0.05, 0) is 25.0 Å². The van der Waals surface area contributed by atoms with Gasteiger partial charge in [-0.3, -0.25) is 0 Å². The minimum atomic E-state index is -2.52. The summed E-state index contributed by atoms with van der Waals surface area (Å²) in [6.45, 7) is 5.16. The van der Waals surface area contributed by atoms with Crippen LogP contribution in [0.1, 0.15) is 51.4 Å². The van der Waals surface area contributed by atoms with Crippen molar-refractivity contribution in [2.75, 3.05) is 34.5 Å². The van der Waals surface area contributed by atoms with E-state index >= 15 is 0 Å². The lowest BCUT2D eigenvalue weighted by Crippen LogP contribution is -2.40. The maximum Gasteiger partial charge on any atom is 0.528 e. The van der Waals surface area contributed by atoms with Crippen molar-refractivity contribution in [3.05, 3.63) is 24.4 Å². The Morgan fingerprint density at radius 2 is 1.36 bits per heavy atom. The van der Waals surface area contributed by atoms with Gasteiger partial charge in [-0.15, -0.1) is 6.58 Å². The summed E-state index contributed by atoms with van der Waals surface area (Å²) in [4.78, 5) is 0. The van der Waals surface area contributed by atoms with Crippen LogP contribution in [0.2, 0.25) is 0 Å². The molecule has 0 N–H and O–H groups in total. The zero-order chi connectivity index (χ0) is 16.5. The van der Waals surface area contributed by atoms with E-state index in [0.29, 0.717) is 6.61 Å². The fraction of sp³-hybridized carbons (Fsp3) is 0.765. The van der Waals surface area contributed by atoms with E-state index < -0.39 is 8.80 Å². The van der Waals surface area contributed by atoms with Crippen LogP contribution in [0.3, 0.4) is 0 Å². The minimum absolute atomic E-state index is 0.673. The summed E-state index contributed by atoms with van der Waals surface area (Å²) in [5.41, 5.74) is 1.97. The van der Waals surface area contributed by atoms with Crippen molar-refractivity contribution in [3.63, 3.8) is 0 Å². The summed E-state index contributed by atoms with van der Waals surface area (Å²) in [6, 6.07) is 0. The van der Waals surface area contributed by atoms with Gasteiger partial charge in [0, 0.05) is 27.9 Å². The summed E-state index contributed by atoms with van der Waals surface area (Å²) in [5, 5.41) is 0. The standard InChI is InChI=1S/C17H34O4Si/c1-5-15-21-16-13-11-9-7-6-8-10-12-14-17-22(18-2,19-3)20-4/h5,14,17H,1,6-13,15-16H2,2-4H3. The van der Waals surface area contributed by atoms with Crippen LogP contribution in [-0.2, 0) is 18.0 Å². The smallest absolute Gasteiger partial charge is 0.377 e. The number of ether oxygens (including phenoxy) is 1. The number of hydrogen-bond donors (Lipinski definition) is 0. The van der Waals surface area contributed by atoms with Crippen LogP contribution in [0.25, 0.3) is 0 Å². The zero-order valence-corrected chi connectivity index (χ0v) is 15.6. The van der Waals surface area contributed by atoms with E-state index in [1.807, 2.05) is 5.70 Å². The summed E-state index contributed by atoms with van der Waals surface area (Å²) in [6.07, 6.45) is 13.8. The van der Waals surface area contributed by atoms with Crippen LogP contribution in [-0.4, -0.2) is 43.3 Å². The fourth-order valence-electron chi connectivity index (χ4n) is 2.20. The molecule has 0 amide bonds. The zero-order valence-electron chi connectivity index (χ0n) is 14.6. The maximum atomic E-state index is 5.36. The highest BCUT2D eigenvalue weighted by atomic mass is 28.4. The van der Waals surface area contributed by atoms with Gasteiger partial charge < -0.3 is 18.0 Å². The molecule has 0 atom stereocenters. The Morgan fingerprint density at radius 1 is 0.818 bits per heavy atom. The van der Waals surface area contributed by atoms with Crippen LogP contribution >= 0.6 is 0 Å². The van der Waals surface area contributed by atoms with Gasteiger partial charge in [-0.25, -0.2) is 0 Å². The molecule has 0 aromatic carbocycles. The van der Waals surface area contributed by atoms with Crippen LogP contribution < -0.4 is 0 Å². The molecule has 0 aromatic rings. The lowest BCUT2D eigenvalue weighted by Gasteiger charge is -2.20. The summed E-state index contributed by atoms with van der Waals surface area (Å²) in [7, 11) is 2.38. The SMILES string of the molecule is C=CCOCCCCCCCCCC=C[Si](OC)(OC)OC. The largest absolute Gasteiger partial charge is 0.528 e. The van der Waals surface area contributed by atoms with Crippen molar-refractivity contribution in [1.82, 2.24) is 0 Å². The molecule has 0 rings (SSSR count). The van der Waals surface area contributed by atoms with Gasteiger partial charge in [0.2, 0.25) is 0 Å². The summed E-state index contributed by atoms with van der Waals surface area (Å²) in [5.74, 6) is 0. The molecule has 4 nitrogen and oxygen atoms in total. The number of allylic oxidation sites excluding steroid dienone is 1. The Morgan fingerprint density at radius 3 is 1.91 bits per heavy atom. The molecule has 0 fully saturated rings. The fourth-order valence-corrected chi connectivity index (χ4v) is 3.56. The van der Waals surface area contributed by atoms with Gasteiger partial charge in [0.15, 0.2) is 0 Å². The second-order valence-corrected chi connectivity index (χ2v) is 8.01. The molecule has 0 saturated heterocycles. The third-order valence-electron chi connectivity index (χ3n) is 3.57. The van der Waals surface area contributed by atoms with E-state index in [0.717, 1.165) is 19.4 Å². The Kier molecular flexibility index (Phi) is 15.1. The molecule has 0 aromatic heterocycles. The lowest BCUT2D eigenvalue weighted by molar-refractivity contribution is 0.138. The van der Waals surface area contributed by atoms with E-state index in [1.54, 1.807) is 27.4 Å². The molecule has 22 heavy (non-hydrogen) atoms. The molecular weight excluding hydrogens is 296 g/mol. The number of unbranched alkanes of at least 4 members (excludes halogenated alkanes) is 7. The van der Waals surface area contributed by atoms with Gasteiger partial charge in [0.1, 0.15) is 0 Å². The predicted molar refractivity (Wildman–Crippen MR) is 93.9 cm³/mol. The van der Waals surface area contributed by atoms with Gasteiger partial charge in [-0.2, -0.15) is 0 Å². The van der Waals surface area contributed by atoms with E-state index in [9.17, 15) is 0 Å². The predicted octanol–water partition coefficient (Wildman–Crippen LogP) is 4.28. The molecule has 0 saturated carbocycles. The number of hydrogen-bond acceptors (Lipinski definition) is 4. The summed E-state index contributed by atoms with van der Waals surface area (Å²) >= 11 is 0. The van der Waals surface area contributed by atoms with Gasteiger partial charge >= 0.3 is 8.80 Å². The average Bonchev–Trinajstić information content (AvgIpc) is 2.56. The van der Waals surface area contributed by atoms with Crippen molar-refractivity contribution < 1.29 is 18.0 Å². The van der Waals surface area contributed by atoms with Crippen LogP contribution in [0.5, 0.6) is 0 Å². The molecular formula is C17H34O4Si. The quantitative estimate of drug-likeness (QED) is 0.240. The molecule has 0 aliphatic heterocycles. The highest BCUT2D eigenvalue weighted by molar-refractivity contribution is 6.66. The first-order valence-electron chi connectivity index (χ1n) is 8.26. The topological polar surface area (TPSA) is 36.9 Å². The first kappa shape index (κ1) is 21.5. The Labute approximate surface area is 137 Å². The van der Waals surface area contributed by atoms with Gasteiger partial charge in [0.05, 0.1) is 6.61 Å². The Balaban J connectivity index is 3.41. The van der Waals surface area contributed by atoms with Crippen molar-refractivity contribution in [2.45, 2.75) is 51.4 Å². The third-order valence-corrected chi connectivity index (χ3v) is 5.92. The van der Waals surface area contributed by atoms with Crippen molar-refractivity contribution >= 4 is 8.80 Å². The highest BCUT2D eigenvalue weighted by Crippen LogP contribution is 2.11. The second kappa shape index (κ2) is 15.4. The van der Waals surface area contributed by atoms with Crippen LogP contribution in [0.4, 0.5) is 0 Å². The van der Waals surface area contributed by atoms with E-state index in [1.165, 1.54) is 38.5 Å². The van der Waals surface area contributed by atoms with Crippen LogP contribution in [0, 0.1) is 0 Å². The molecule has 0 radical (unpaired) electrons. The minimum Gasteiger partial charge on any atom is -0.377 e. The maximum absolute atomic E-state index is 5.36. The van der Waals surface area contributed by atoms with Gasteiger partial charge in [0.25, 0.3) is 0 Å². The van der Waals surface area contributed by atoms with Crippen LogP contribution in [0.15, 0.2) is 24.4 Å².